The molecule has 5 heterocycles. The molecule has 1 spiro atoms. The lowest BCUT2D eigenvalue weighted by atomic mass is 9.74. The predicted molar refractivity (Wildman–Crippen MR) is 142 cm³/mol. The Kier molecular flexibility index (Phi) is 5.77. The summed E-state index contributed by atoms with van der Waals surface area (Å²) in [6.45, 7) is 4.67. The van der Waals surface area contributed by atoms with Crippen molar-refractivity contribution in [2.24, 2.45) is 0 Å². The largest absolute Gasteiger partial charge is 0.492 e. The zero-order chi connectivity index (χ0) is 26.6. The molecule has 9 nitrogen and oxygen atoms in total. The van der Waals surface area contributed by atoms with Gasteiger partial charge < -0.3 is 14.2 Å². The monoisotopic (exact) mass is 525 g/mol. The molecular formula is C30H31N5O4. The molecule has 0 radical (unpaired) electrons. The highest BCUT2D eigenvalue weighted by molar-refractivity contribution is 6.05. The molecule has 0 saturated carbocycles. The summed E-state index contributed by atoms with van der Waals surface area (Å²) in [5.41, 5.74) is 5.24. The summed E-state index contributed by atoms with van der Waals surface area (Å²) in [5.74, 6) is 0.00872. The van der Waals surface area contributed by atoms with Gasteiger partial charge in [0.05, 0.1) is 19.5 Å². The van der Waals surface area contributed by atoms with E-state index < -0.39 is 6.04 Å². The van der Waals surface area contributed by atoms with Gasteiger partial charge in [-0.2, -0.15) is 0 Å². The molecule has 1 N–H and O–H groups in total. The van der Waals surface area contributed by atoms with Crippen molar-refractivity contribution >= 4 is 17.7 Å². The van der Waals surface area contributed by atoms with Crippen LogP contribution in [0.25, 0.3) is 0 Å². The maximum Gasteiger partial charge on any atom is 0.255 e. The molecule has 0 aliphatic carbocycles. The molecule has 4 aliphatic rings. The molecule has 3 aromatic rings. The number of carbonyl (C=O) groups excluding carboxylic acids is 3. The van der Waals surface area contributed by atoms with Crippen molar-refractivity contribution in [3.8, 4) is 5.75 Å². The topological polar surface area (TPSA) is 96.8 Å². The molecular weight excluding hydrogens is 494 g/mol. The zero-order valence-electron chi connectivity index (χ0n) is 21.8. The molecule has 1 atom stereocenters. The Hall–Kier alpha value is -3.98. The van der Waals surface area contributed by atoms with Gasteiger partial charge in [0.25, 0.3) is 5.91 Å². The number of ether oxygens (including phenoxy) is 1. The number of imidazole rings is 1. The van der Waals surface area contributed by atoms with Crippen molar-refractivity contribution in [3.63, 3.8) is 0 Å². The van der Waals surface area contributed by atoms with Crippen LogP contribution in [0.4, 0.5) is 0 Å². The van der Waals surface area contributed by atoms with Crippen LogP contribution in [0.2, 0.25) is 0 Å². The Morgan fingerprint density at radius 2 is 1.87 bits per heavy atom. The number of hydrogen-bond donors (Lipinski definition) is 1. The fourth-order valence-corrected chi connectivity index (χ4v) is 6.71. The summed E-state index contributed by atoms with van der Waals surface area (Å²) in [6, 6.07) is 12.1. The van der Waals surface area contributed by atoms with Gasteiger partial charge in [-0.25, -0.2) is 4.98 Å². The number of benzene rings is 2. The van der Waals surface area contributed by atoms with Crippen LogP contribution < -0.4 is 10.1 Å². The normalized spacial score (nSPS) is 22.1. The summed E-state index contributed by atoms with van der Waals surface area (Å²) in [5, 5.41) is 2.38. The molecule has 3 amide bonds. The van der Waals surface area contributed by atoms with Crippen LogP contribution in [0, 0.1) is 0 Å². The second kappa shape index (κ2) is 9.34. The van der Waals surface area contributed by atoms with Crippen LogP contribution in [0.15, 0.2) is 55.1 Å². The number of hydrogen-bond acceptors (Lipinski definition) is 6. The zero-order valence-corrected chi connectivity index (χ0v) is 21.8. The minimum absolute atomic E-state index is 0.0464. The number of likely N-dealkylation sites (tertiary alicyclic amines) is 1. The number of carbonyl (C=O) groups is 3. The Morgan fingerprint density at radius 3 is 2.64 bits per heavy atom. The number of fused-ring (bicyclic) bond motifs is 4. The average Bonchev–Trinajstić information content (AvgIpc) is 3.65. The lowest BCUT2D eigenvalue weighted by Gasteiger charge is -2.38. The van der Waals surface area contributed by atoms with Gasteiger partial charge >= 0.3 is 0 Å². The van der Waals surface area contributed by atoms with Crippen LogP contribution >= 0.6 is 0 Å². The van der Waals surface area contributed by atoms with Gasteiger partial charge in [0.15, 0.2) is 0 Å². The van der Waals surface area contributed by atoms with E-state index >= 15 is 0 Å². The van der Waals surface area contributed by atoms with Crippen LogP contribution in [-0.2, 0) is 34.6 Å². The van der Waals surface area contributed by atoms with Crippen molar-refractivity contribution in [2.45, 2.75) is 56.8 Å². The smallest absolute Gasteiger partial charge is 0.255 e. The van der Waals surface area contributed by atoms with E-state index in [9.17, 15) is 14.4 Å². The fraction of sp³-hybridized carbons (Fsp3) is 0.400. The third kappa shape index (κ3) is 4.21. The number of piperidine rings is 2. The van der Waals surface area contributed by atoms with E-state index in [0.717, 1.165) is 50.3 Å². The van der Waals surface area contributed by atoms with Gasteiger partial charge in [0, 0.05) is 54.0 Å². The number of nitrogens with one attached hydrogen (secondary N) is 1. The highest BCUT2D eigenvalue weighted by Gasteiger charge is 2.47. The molecule has 2 saturated heterocycles. The van der Waals surface area contributed by atoms with E-state index in [2.05, 4.69) is 50.1 Å². The van der Waals surface area contributed by atoms with Gasteiger partial charge in [-0.05, 0) is 49.5 Å². The highest BCUT2D eigenvalue weighted by atomic mass is 16.5. The molecule has 2 aromatic carbocycles. The van der Waals surface area contributed by atoms with E-state index in [1.807, 2.05) is 18.6 Å². The first kappa shape index (κ1) is 24.1. The minimum atomic E-state index is -0.615. The van der Waals surface area contributed by atoms with Gasteiger partial charge in [-0.15, -0.1) is 0 Å². The van der Waals surface area contributed by atoms with Crippen molar-refractivity contribution in [2.75, 3.05) is 19.7 Å². The van der Waals surface area contributed by atoms with Gasteiger partial charge in [-0.1, -0.05) is 30.3 Å². The van der Waals surface area contributed by atoms with Gasteiger partial charge in [0.1, 0.15) is 11.8 Å². The maximum absolute atomic E-state index is 13.2. The molecule has 200 valence electrons. The number of rotatable bonds is 5. The Labute approximate surface area is 226 Å². The summed E-state index contributed by atoms with van der Waals surface area (Å²) in [7, 11) is 0. The third-order valence-electron chi connectivity index (χ3n) is 8.87. The van der Waals surface area contributed by atoms with Gasteiger partial charge in [-0.3, -0.25) is 24.6 Å². The SMILES string of the molecule is O=C1CCC(N2Cc3c(ccc4c3OCC43CCN(Cc4cccc(Cn5ccnc5)c4)CC3)C2=O)C(=O)N1. The second-order valence-electron chi connectivity index (χ2n) is 11.3. The molecule has 39 heavy (non-hydrogen) atoms. The quantitative estimate of drug-likeness (QED) is 0.515. The number of nitrogens with zero attached hydrogens (tertiary/aromatic N) is 4. The highest BCUT2D eigenvalue weighted by Crippen LogP contribution is 2.49. The first-order valence-corrected chi connectivity index (χ1v) is 13.7. The Balaban J connectivity index is 1.04. The average molecular weight is 526 g/mol. The van der Waals surface area contributed by atoms with Crippen molar-refractivity contribution in [1.82, 2.24) is 24.7 Å². The van der Waals surface area contributed by atoms with E-state index in [1.165, 1.54) is 16.7 Å². The first-order valence-electron chi connectivity index (χ1n) is 13.7. The summed E-state index contributed by atoms with van der Waals surface area (Å²) in [4.78, 5) is 45.5. The van der Waals surface area contributed by atoms with Crippen molar-refractivity contribution in [3.05, 3.63) is 82.9 Å². The third-order valence-corrected chi connectivity index (χ3v) is 8.87. The maximum atomic E-state index is 13.2. The predicted octanol–water partition coefficient (Wildman–Crippen LogP) is 2.62. The molecule has 4 aliphatic heterocycles. The molecule has 0 bridgehead atoms. The molecule has 1 aromatic heterocycles. The molecule has 7 rings (SSSR count). The number of imide groups is 1. The number of aromatic nitrogens is 2. The minimum Gasteiger partial charge on any atom is -0.492 e. The van der Waals surface area contributed by atoms with Crippen LogP contribution in [0.1, 0.15) is 58.3 Å². The Bertz CT molecular complexity index is 1460. The first-order chi connectivity index (χ1) is 19.0. The summed E-state index contributed by atoms with van der Waals surface area (Å²) < 4.78 is 8.40. The number of amides is 3. The lowest BCUT2D eigenvalue weighted by Crippen LogP contribution is -2.52. The second-order valence-corrected chi connectivity index (χ2v) is 11.3. The summed E-state index contributed by atoms with van der Waals surface area (Å²) >= 11 is 0. The van der Waals surface area contributed by atoms with Crippen molar-refractivity contribution < 1.29 is 19.1 Å². The molecule has 2 fully saturated rings. The van der Waals surface area contributed by atoms with Crippen LogP contribution in [0.5, 0.6) is 5.75 Å². The van der Waals surface area contributed by atoms with E-state index in [-0.39, 0.29) is 29.6 Å². The lowest BCUT2D eigenvalue weighted by molar-refractivity contribution is -0.136. The molecule has 9 heteroatoms. The van der Waals surface area contributed by atoms with Crippen LogP contribution in [-0.4, -0.2) is 62.8 Å². The fourth-order valence-electron chi connectivity index (χ4n) is 6.71. The van der Waals surface area contributed by atoms with E-state index in [4.69, 9.17) is 4.74 Å². The Morgan fingerprint density at radius 1 is 1.05 bits per heavy atom. The van der Waals surface area contributed by atoms with Gasteiger partial charge in [0.2, 0.25) is 11.8 Å². The van der Waals surface area contributed by atoms with Crippen LogP contribution in [0.3, 0.4) is 0 Å². The van der Waals surface area contributed by atoms with E-state index in [0.29, 0.717) is 25.1 Å². The van der Waals surface area contributed by atoms with E-state index in [1.54, 1.807) is 11.1 Å². The van der Waals surface area contributed by atoms with Crippen molar-refractivity contribution in [1.29, 1.82) is 0 Å². The molecule has 1 unspecified atom stereocenters. The standard InChI is InChI=1S/C30H31N5O4/c36-26-7-6-25(28(37)32-26)35-17-23-22(29(35)38)4-5-24-27(23)39-18-30(24)8-11-33(12-9-30)15-20-2-1-3-21(14-20)16-34-13-10-31-19-34/h1-5,10,13-14,19,25H,6-9,11-12,15-18H2,(H,32,36,37). The summed E-state index contributed by atoms with van der Waals surface area (Å²) in [6.07, 6.45) is 8.24.